The zero-order chi connectivity index (χ0) is 25.2. The van der Waals surface area contributed by atoms with E-state index < -0.39 is 18.4 Å². The second-order valence-electron chi connectivity index (χ2n) is 9.54. The van der Waals surface area contributed by atoms with Crippen molar-refractivity contribution in [1.29, 1.82) is 0 Å². The lowest BCUT2D eigenvalue weighted by atomic mass is 10.1. The molecule has 4 heterocycles. The van der Waals surface area contributed by atoms with Crippen molar-refractivity contribution in [2.24, 2.45) is 0 Å². The van der Waals surface area contributed by atoms with E-state index in [0.29, 0.717) is 11.5 Å². The van der Waals surface area contributed by atoms with Gasteiger partial charge in [-0.2, -0.15) is 0 Å². The van der Waals surface area contributed by atoms with Crippen molar-refractivity contribution in [3.8, 4) is 11.1 Å². The predicted molar refractivity (Wildman–Crippen MR) is 141 cm³/mol. The standard InChI is InChI=1S/C28H31N5O4/c34-23-17-37-28(25(23)35)33-16-22(20-4-2-1-3-5-20)24-26(29-18-30-27(24)33)31-21-8-6-19(7-9-21)10-11-32-12-14-36-15-13-32/h1-9,16,18,23,25,28,34-35H,10-15,17H2,(H,29,30,31)/t23-,25-,28?/m1/s1. The van der Waals surface area contributed by atoms with Crippen LogP contribution in [0.15, 0.2) is 67.1 Å². The van der Waals surface area contributed by atoms with Crippen molar-refractivity contribution in [1.82, 2.24) is 19.4 Å². The molecule has 2 aliphatic heterocycles. The smallest absolute Gasteiger partial charge is 0.164 e. The predicted octanol–water partition coefficient (Wildman–Crippen LogP) is 2.97. The highest BCUT2D eigenvalue weighted by Gasteiger charge is 2.37. The Morgan fingerprint density at radius 3 is 2.49 bits per heavy atom. The Hall–Kier alpha value is -3.34. The lowest BCUT2D eigenvalue weighted by Crippen LogP contribution is -2.37. The molecule has 9 nitrogen and oxygen atoms in total. The van der Waals surface area contributed by atoms with Crippen molar-refractivity contribution >= 4 is 22.5 Å². The van der Waals surface area contributed by atoms with Gasteiger partial charge in [-0.3, -0.25) is 4.90 Å². The number of aromatic nitrogens is 3. The van der Waals surface area contributed by atoms with Crippen molar-refractivity contribution in [3.63, 3.8) is 0 Å². The number of fused-ring (bicyclic) bond motifs is 1. The zero-order valence-electron chi connectivity index (χ0n) is 20.5. The third-order valence-corrected chi connectivity index (χ3v) is 7.13. The normalized spacial score (nSPS) is 22.5. The van der Waals surface area contributed by atoms with Crippen LogP contribution in [-0.2, 0) is 15.9 Å². The molecule has 0 radical (unpaired) electrons. The molecule has 3 atom stereocenters. The fraction of sp³-hybridized carbons (Fsp3) is 0.357. The van der Waals surface area contributed by atoms with Gasteiger partial charge in [-0.1, -0.05) is 42.5 Å². The lowest BCUT2D eigenvalue weighted by Gasteiger charge is -2.26. The van der Waals surface area contributed by atoms with Crippen LogP contribution in [0.3, 0.4) is 0 Å². The molecule has 2 aromatic heterocycles. The van der Waals surface area contributed by atoms with E-state index in [2.05, 4.69) is 44.5 Å². The summed E-state index contributed by atoms with van der Waals surface area (Å²) in [5, 5.41) is 24.9. The SMILES string of the molecule is O[C@@H]1COC(n2cc(-c3ccccc3)c3c(Nc4ccc(CCN5CCOCC5)cc4)ncnc32)[C@@H]1O. The molecule has 0 spiro atoms. The molecule has 0 aliphatic carbocycles. The Bertz CT molecular complexity index is 1340. The van der Waals surface area contributed by atoms with Crippen LogP contribution in [0.1, 0.15) is 11.8 Å². The summed E-state index contributed by atoms with van der Waals surface area (Å²) >= 11 is 0. The van der Waals surface area contributed by atoms with Gasteiger partial charge in [0.1, 0.15) is 30.0 Å². The van der Waals surface area contributed by atoms with E-state index in [4.69, 9.17) is 9.47 Å². The molecule has 2 fully saturated rings. The van der Waals surface area contributed by atoms with E-state index in [1.807, 2.05) is 36.5 Å². The summed E-state index contributed by atoms with van der Waals surface area (Å²) in [6.45, 7) is 4.72. The van der Waals surface area contributed by atoms with E-state index in [9.17, 15) is 10.2 Å². The summed E-state index contributed by atoms with van der Waals surface area (Å²) in [5.74, 6) is 0.664. The fourth-order valence-electron chi connectivity index (χ4n) is 5.04. The largest absolute Gasteiger partial charge is 0.388 e. The van der Waals surface area contributed by atoms with E-state index in [-0.39, 0.29) is 6.61 Å². The molecule has 0 saturated carbocycles. The molecular weight excluding hydrogens is 470 g/mol. The number of nitrogens with one attached hydrogen (secondary N) is 1. The number of aliphatic hydroxyl groups excluding tert-OH is 2. The number of nitrogens with zero attached hydrogens (tertiary/aromatic N) is 4. The van der Waals surface area contributed by atoms with Gasteiger partial charge in [0, 0.05) is 37.1 Å². The number of hydrogen-bond acceptors (Lipinski definition) is 8. The molecule has 192 valence electrons. The molecule has 2 saturated heterocycles. The Morgan fingerprint density at radius 2 is 1.76 bits per heavy atom. The third-order valence-electron chi connectivity index (χ3n) is 7.13. The molecule has 0 bridgehead atoms. The van der Waals surface area contributed by atoms with Gasteiger partial charge in [0.2, 0.25) is 0 Å². The summed E-state index contributed by atoms with van der Waals surface area (Å²) in [7, 11) is 0. The highest BCUT2D eigenvalue weighted by Crippen LogP contribution is 2.38. The molecule has 2 aromatic carbocycles. The Balaban J connectivity index is 1.30. The number of morpholine rings is 1. The van der Waals surface area contributed by atoms with Gasteiger partial charge in [-0.25, -0.2) is 9.97 Å². The van der Waals surface area contributed by atoms with Gasteiger partial charge < -0.3 is 29.6 Å². The van der Waals surface area contributed by atoms with Crippen molar-refractivity contribution in [2.75, 3.05) is 44.8 Å². The summed E-state index contributed by atoms with van der Waals surface area (Å²) in [6.07, 6.45) is 1.70. The first-order valence-corrected chi connectivity index (χ1v) is 12.7. The maximum absolute atomic E-state index is 10.5. The van der Waals surface area contributed by atoms with E-state index >= 15 is 0 Å². The second kappa shape index (κ2) is 10.6. The molecule has 4 aromatic rings. The Kier molecular flexibility index (Phi) is 6.86. The van der Waals surface area contributed by atoms with E-state index in [1.165, 1.54) is 11.9 Å². The highest BCUT2D eigenvalue weighted by molar-refractivity contribution is 6.02. The van der Waals surface area contributed by atoms with E-state index in [0.717, 1.165) is 61.5 Å². The molecule has 9 heteroatoms. The van der Waals surface area contributed by atoms with Gasteiger partial charge in [0.05, 0.1) is 25.2 Å². The summed E-state index contributed by atoms with van der Waals surface area (Å²) < 4.78 is 13.0. The van der Waals surface area contributed by atoms with Crippen LogP contribution < -0.4 is 5.32 Å². The highest BCUT2D eigenvalue weighted by atomic mass is 16.5. The number of benzene rings is 2. The first-order valence-electron chi connectivity index (χ1n) is 12.7. The van der Waals surface area contributed by atoms with Gasteiger partial charge in [-0.15, -0.1) is 0 Å². The molecule has 6 rings (SSSR count). The van der Waals surface area contributed by atoms with Crippen LogP contribution in [0.5, 0.6) is 0 Å². The summed E-state index contributed by atoms with van der Waals surface area (Å²) in [6, 6.07) is 18.4. The van der Waals surface area contributed by atoms with Gasteiger partial charge in [-0.05, 0) is 29.7 Å². The van der Waals surface area contributed by atoms with Crippen molar-refractivity contribution in [2.45, 2.75) is 24.9 Å². The average molecular weight is 502 g/mol. The van der Waals surface area contributed by atoms with Crippen LogP contribution in [0, 0.1) is 0 Å². The third kappa shape index (κ3) is 4.96. The molecule has 1 unspecified atom stereocenters. The Labute approximate surface area is 215 Å². The fourth-order valence-corrected chi connectivity index (χ4v) is 5.04. The van der Waals surface area contributed by atoms with Crippen LogP contribution in [0.25, 0.3) is 22.2 Å². The van der Waals surface area contributed by atoms with Crippen molar-refractivity contribution < 1.29 is 19.7 Å². The monoisotopic (exact) mass is 501 g/mol. The molecule has 2 aliphatic rings. The minimum Gasteiger partial charge on any atom is -0.388 e. The van der Waals surface area contributed by atoms with E-state index in [1.54, 1.807) is 4.57 Å². The lowest BCUT2D eigenvalue weighted by molar-refractivity contribution is -0.0159. The zero-order valence-corrected chi connectivity index (χ0v) is 20.5. The van der Waals surface area contributed by atoms with Gasteiger partial charge >= 0.3 is 0 Å². The number of rotatable bonds is 7. The number of ether oxygens (including phenoxy) is 2. The molecular formula is C28H31N5O4. The minimum atomic E-state index is -1.05. The maximum atomic E-state index is 10.5. The van der Waals surface area contributed by atoms with Gasteiger partial charge in [0.25, 0.3) is 0 Å². The quantitative estimate of drug-likeness (QED) is 0.355. The summed E-state index contributed by atoms with van der Waals surface area (Å²) in [4.78, 5) is 11.6. The molecule has 3 N–H and O–H groups in total. The average Bonchev–Trinajstić information content (AvgIpc) is 3.49. The Morgan fingerprint density at radius 1 is 0.973 bits per heavy atom. The topological polar surface area (TPSA) is 105 Å². The molecule has 0 amide bonds. The first-order chi connectivity index (χ1) is 18.2. The number of hydrogen-bond donors (Lipinski definition) is 3. The van der Waals surface area contributed by atoms with Crippen LogP contribution in [0.4, 0.5) is 11.5 Å². The summed E-state index contributed by atoms with van der Waals surface area (Å²) in [5.41, 5.74) is 4.74. The number of aliphatic hydroxyl groups is 2. The van der Waals surface area contributed by atoms with Crippen LogP contribution in [-0.4, -0.2) is 81.3 Å². The van der Waals surface area contributed by atoms with Gasteiger partial charge in [0.15, 0.2) is 6.23 Å². The molecule has 37 heavy (non-hydrogen) atoms. The van der Waals surface area contributed by atoms with Crippen molar-refractivity contribution in [3.05, 3.63) is 72.7 Å². The minimum absolute atomic E-state index is 0.0697. The van der Waals surface area contributed by atoms with Crippen LogP contribution in [0.2, 0.25) is 0 Å². The second-order valence-corrected chi connectivity index (χ2v) is 9.54. The van der Waals surface area contributed by atoms with Crippen LogP contribution >= 0.6 is 0 Å². The maximum Gasteiger partial charge on any atom is 0.164 e. The number of anilines is 2. The first kappa shape index (κ1) is 24.0.